The summed E-state index contributed by atoms with van der Waals surface area (Å²) in [6.07, 6.45) is 11.8. The number of rotatable bonds is 7. The summed E-state index contributed by atoms with van der Waals surface area (Å²) in [4.78, 5) is 34.3. The number of carbonyl (C=O) groups excluding carboxylic acids is 2. The Labute approximate surface area is 178 Å². The highest BCUT2D eigenvalue weighted by Gasteiger charge is 2.36. The molecule has 0 aromatic carbocycles. The first-order valence-corrected chi connectivity index (χ1v) is 11.0. The summed E-state index contributed by atoms with van der Waals surface area (Å²) in [6, 6.07) is 7.54. The first-order chi connectivity index (χ1) is 14.6. The number of hydrogen-bond donors (Lipinski definition) is 1. The van der Waals surface area contributed by atoms with E-state index < -0.39 is 6.04 Å². The van der Waals surface area contributed by atoms with E-state index in [0.29, 0.717) is 31.4 Å². The molecule has 1 saturated carbocycles. The van der Waals surface area contributed by atoms with Gasteiger partial charge in [-0.25, -0.2) is 0 Å². The van der Waals surface area contributed by atoms with E-state index in [2.05, 4.69) is 22.2 Å². The summed E-state index contributed by atoms with van der Waals surface area (Å²) in [5.41, 5.74) is 1.54. The molecule has 0 bridgehead atoms. The van der Waals surface area contributed by atoms with Gasteiger partial charge in [0.25, 0.3) is 5.91 Å². The van der Waals surface area contributed by atoms with Gasteiger partial charge in [0, 0.05) is 44.3 Å². The minimum atomic E-state index is -0.530. The molecule has 160 valence electrons. The zero-order chi connectivity index (χ0) is 20.9. The van der Waals surface area contributed by atoms with Crippen LogP contribution in [0, 0.1) is 0 Å². The van der Waals surface area contributed by atoms with E-state index in [9.17, 15) is 9.59 Å². The number of hydrogen-bond acceptors (Lipinski definition) is 4. The Kier molecular flexibility index (Phi) is 6.47. The third kappa shape index (κ3) is 4.56. The summed E-state index contributed by atoms with van der Waals surface area (Å²) in [6.45, 7) is 2.26. The maximum absolute atomic E-state index is 13.1. The third-order valence-electron chi connectivity index (χ3n) is 6.40. The summed E-state index contributed by atoms with van der Waals surface area (Å²) < 4.78 is 1.88. The lowest BCUT2D eigenvalue weighted by Crippen LogP contribution is -2.55. The molecule has 1 unspecified atom stereocenters. The van der Waals surface area contributed by atoms with Crippen LogP contribution < -0.4 is 5.32 Å². The van der Waals surface area contributed by atoms with E-state index in [1.54, 1.807) is 17.3 Å². The van der Waals surface area contributed by atoms with Crippen molar-refractivity contribution in [3.63, 3.8) is 0 Å². The number of fused-ring (bicyclic) bond motifs is 1. The van der Waals surface area contributed by atoms with Crippen LogP contribution in [-0.2, 0) is 17.9 Å². The first-order valence-electron chi connectivity index (χ1n) is 11.0. The van der Waals surface area contributed by atoms with Crippen LogP contribution in [0.1, 0.15) is 48.2 Å². The largest absolute Gasteiger partial charge is 0.353 e. The number of amides is 2. The number of carbonyl (C=O) groups is 2. The minimum absolute atomic E-state index is 0.0939. The minimum Gasteiger partial charge on any atom is -0.353 e. The molecule has 7 nitrogen and oxygen atoms in total. The van der Waals surface area contributed by atoms with E-state index in [1.807, 2.05) is 35.0 Å². The van der Waals surface area contributed by atoms with Crippen LogP contribution in [0.25, 0.3) is 0 Å². The van der Waals surface area contributed by atoms with Crippen LogP contribution in [0.4, 0.5) is 0 Å². The van der Waals surface area contributed by atoms with Crippen LogP contribution in [0.2, 0.25) is 0 Å². The van der Waals surface area contributed by atoms with Crippen molar-refractivity contribution >= 4 is 11.8 Å². The Morgan fingerprint density at radius 1 is 1.23 bits per heavy atom. The number of nitrogens with one attached hydrogen (secondary N) is 1. The molecule has 4 rings (SSSR count). The highest BCUT2D eigenvalue weighted by molar-refractivity contribution is 5.97. The average Bonchev–Trinajstić information content (AvgIpc) is 3.26. The van der Waals surface area contributed by atoms with Crippen molar-refractivity contribution in [3.05, 3.63) is 54.1 Å². The van der Waals surface area contributed by atoms with Crippen molar-refractivity contribution in [3.8, 4) is 0 Å². The molecule has 2 aliphatic rings. The molecule has 30 heavy (non-hydrogen) atoms. The van der Waals surface area contributed by atoms with Gasteiger partial charge in [-0.3, -0.25) is 14.6 Å². The van der Waals surface area contributed by atoms with Crippen molar-refractivity contribution in [1.29, 1.82) is 0 Å². The van der Waals surface area contributed by atoms with E-state index in [4.69, 9.17) is 0 Å². The van der Waals surface area contributed by atoms with Gasteiger partial charge in [0.2, 0.25) is 5.91 Å². The van der Waals surface area contributed by atoms with Crippen LogP contribution in [0.3, 0.4) is 0 Å². The molecule has 2 aromatic rings. The van der Waals surface area contributed by atoms with Crippen LogP contribution >= 0.6 is 0 Å². The third-order valence-corrected chi connectivity index (χ3v) is 6.40. The second-order valence-corrected chi connectivity index (χ2v) is 8.42. The van der Waals surface area contributed by atoms with Crippen molar-refractivity contribution in [1.82, 2.24) is 24.7 Å². The van der Waals surface area contributed by atoms with Crippen molar-refractivity contribution in [2.24, 2.45) is 0 Å². The molecule has 0 radical (unpaired) electrons. The zero-order valence-corrected chi connectivity index (χ0v) is 17.7. The highest BCUT2D eigenvalue weighted by Crippen LogP contribution is 2.22. The van der Waals surface area contributed by atoms with Gasteiger partial charge in [0.05, 0.1) is 6.54 Å². The fourth-order valence-corrected chi connectivity index (χ4v) is 4.61. The molecule has 1 fully saturated rings. The molecule has 1 atom stereocenters. The molecule has 2 amide bonds. The van der Waals surface area contributed by atoms with Gasteiger partial charge in [0.1, 0.15) is 11.7 Å². The van der Waals surface area contributed by atoms with Crippen molar-refractivity contribution in [2.45, 2.75) is 57.3 Å². The van der Waals surface area contributed by atoms with E-state index in [1.165, 1.54) is 32.1 Å². The number of likely N-dealkylation sites (N-methyl/N-ethyl adjacent to an activating group) is 1. The Morgan fingerprint density at radius 3 is 2.83 bits per heavy atom. The molecule has 3 heterocycles. The molecular formula is C23H31N5O2. The fourth-order valence-electron chi connectivity index (χ4n) is 4.61. The van der Waals surface area contributed by atoms with Gasteiger partial charge >= 0.3 is 0 Å². The lowest BCUT2D eigenvalue weighted by atomic mass is 9.94. The van der Waals surface area contributed by atoms with E-state index in [0.717, 1.165) is 12.1 Å². The maximum Gasteiger partial charge on any atom is 0.271 e. The first kappa shape index (κ1) is 20.6. The Balaban J connectivity index is 1.40. The normalized spacial score (nSPS) is 19.7. The summed E-state index contributed by atoms with van der Waals surface area (Å²) in [5, 5.41) is 3.08. The predicted molar refractivity (Wildman–Crippen MR) is 115 cm³/mol. The van der Waals surface area contributed by atoms with Crippen molar-refractivity contribution < 1.29 is 9.59 Å². The molecule has 1 N–H and O–H groups in total. The standard InChI is InChI=1S/C23H31N5O2/c1-26(19-8-3-2-4-9-19)14-12-25-22(29)21-17-27-13-6-10-20(27)23(30)28(21)16-18-7-5-11-24-15-18/h5-7,10-11,13,15,19,21H,2-4,8-9,12,14,16-17H2,1H3,(H,25,29). The molecule has 1 aliphatic carbocycles. The van der Waals surface area contributed by atoms with Crippen molar-refractivity contribution in [2.75, 3.05) is 20.1 Å². The second kappa shape index (κ2) is 9.43. The Hall–Kier alpha value is -2.67. The van der Waals surface area contributed by atoms with Gasteiger partial charge in [-0.1, -0.05) is 25.3 Å². The topological polar surface area (TPSA) is 70.5 Å². The molecule has 0 spiro atoms. The van der Waals surface area contributed by atoms with Crippen LogP contribution in [0.15, 0.2) is 42.9 Å². The summed E-state index contributed by atoms with van der Waals surface area (Å²) >= 11 is 0. The van der Waals surface area contributed by atoms with Gasteiger partial charge in [-0.05, 0) is 43.7 Å². The summed E-state index contributed by atoms with van der Waals surface area (Å²) in [5.74, 6) is -0.210. The number of aromatic nitrogens is 2. The van der Waals surface area contributed by atoms with Gasteiger partial charge < -0.3 is 19.7 Å². The quantitative estimate of drug-likeness (QED) is 0.762. The van der Waals surface area contributed by atoms with E-state index in [-0.39, 0.29) is 11.8 Å². The Morgan fingerprint density at radius 2 is 2.07 bits per heavy atom. The Bertz CT molecular complexity index is 859. The van der Waals surface area contributed by atoms with Crippen LogP contribution in [0.5, 0.6) is 0 Å². The SMILES string of the molecule is CN(CCNC(=O)C1Cn2cccc2C(=O)N1Cc1cccnc1)C1CCCCC1. The lowest BCUT2D eigenvalue weighted by molar-refractivity contribution is -0.126. The van der Waals surface area contributed by atoms with Crippen LogP contribution in [-0.4, -0.2) is 63.4 Å². The molecule has 2 aromatic heterocycles. The van der Waals surface area contributed by atoms with Gasteiger partial charge in [-0.2, -0.15) is 0 Å². The van der Waals surface area contributed by atoms with Gasteiger partial charge in [-0.15, -0.1) is 0 Å². The monoisotopic (exact) mass is 409 g/mol. The summed E-state index contributed by atoms with van der Waals surface area (Å²) in [7, 11) is 2.15. The smallest absolute Gasteiger partial charge is 0.271 e. The van der Waals surface area contributed by atoms with Gasteiger partial charge in [0.15, 0.2) is 0 Å². The van der Waals surface area contributed by atoms with E-state index >= 15 is 0 Å². The fraction of sp³-hybridized carbons (Fsp3) is 0.522. The molecule has 0 saturated heterocycles. The second-order valence-electron chi connectivity index (χ2n) is 8.42. The molecule has 1 aliphatic heterocycles. The zero-order valence-electron chi connectivity index (χ0n) is 17.7. The molecular weight excluding hydrogens is 378 g/mol. The number of pyridine rings is 1. The molecule has 7 heteroatoms. The maximum atomic E-state index is 13.1. The average molecular weight is 410 g/mol. The lowest BCUT2D eigenvalue weighted by Gasteiger charge is -2.36. The highest BCUT2D eigenvalue weighted by atomic mass is 16.2. The number of nitrogens with zero attached hydrogens (tertiary/aromatic N) is 4. The predicted octanol–water partition coefficient (Wildman–Crippen LogP) is 2.29.